The maximum Gasteiger partial charge on any atom is 0.248 e. The molecular weight excluding hydrogens is 102 g/mol. The van der Waals surface area contributed by atoms with Crippen LogP contribution >= 0.6 is 0 Å². The van der Waals surface area contributed by atoms with Crippen LogP contribution in [0.2, 0.25) is 0 Å². The van der Waals surface area contributed by atoms with Crippen molar-refractivity contribution < 1.29 is 4.79 Å². The van der Waals surface area contributed by atoms with Crippen LogP contribution in [0.4, 0.5) is 0 Å². The molecule has 0 aromatic heterocycles. The fourth-order valence-corrected chi connectivity index (χ4v) is 0.210. The third kappa shape index (κ3) is 1.60. The van der Waals surface area contributed by atoms with Gasteiger partial charge in [0.15, 0.2) is 0 Å². The van der Waals surface area contributed by atoms with Crippen LogP contribution in [0.15, 0.2) is 24.3 Å². The molecule has 2 nitrogen and oxygen atoms in total. The van der Waals surface area contributed by atoms with Crippen molar-refractivity contribution in [1.29, 1.82) is 0 Å². The lowest BCUT2D eigenvalue weighted by Crippen LogP contribution is -2.13. The van der Waals surface area contributed by atoms with Crippen molar-refractivity contribution in [3.05, 3.63) is 24.3 Å². The highest BCUT2D eigenvalue weighted by Gasteiger charge is 1.98. The highest BCUT2D eigenvalue weighted by molar-refractivity contribution is 5.95. The standard InChI is InChI=1S/C6H9NO/c1-4(2)5(3)6(7)8/h1,3H2,2H3,(H2,7,8). The normalized spacial score (nSPS) is 8.12. The molecule has 0 aliphatic carbocycles. The third-order valence-corrected chi connectivity index (χ3v) is 0.813. The van der Waals surface area contributed by atoms with Gasteiger partial charge in [0.25, 0.3) is 0 Å². The minimum Gasteiger partial charge on any atom is -0.366 e. The minimum atomic E-state index is -0.502. The fraction of sp³-hybridized carbons (Fsp3) is 0.167. The number of hydrogen-bond donors (Lipinski definition) is 1. The molecule has 0 aliphatic heterocycles. The molecule has 0 rings (SSSR count). The van der Waals surface area contributed by atoms with E-state index in [1.54, 1.807) is 6.92 Å². The first-order valence-corrected chi connectivity index (χ1v) is 2.20. The molecule has 44 valence electrons. The second kappa shape index (κ2) is 2.31. The van der Waals surface area contributed by atoms with E-state index in [1.807, 2.05) is 0 Å². The van der Waals surface area contributed by atoms with Gasteiger partial charge in [-0.05, 0) is 12.5 Å². The predicted molar refractivity (Wildman–Crippen MR) is 33.1 cm³/mol. The van der Waals surface area contributed by atoms with Crippen LogP contribution in [0, 0.1) is 0 Å². The molecule has 1 amide bonds. The Bertz CT molecular complexity index is 131. The summed E-state index contributed by atoms with van der Waals surface area (Å²) in [5.74, 6) is -0.502. The van der Waals surface area contributed by atoms with Gasteiger partial charge in [-0.2, -0.15) is 0 Å². The Kier molecular flexibility index (Phi) is 2.00. The zero-order valence-corrected chi connectivity index (χ0v) is 4.90. The Hall–Kier alpha value is -1.05. The van der Waals surface area contributed by atoms with Crippen molar-refractivity contribution in [2.75, 3.05) is 0 Å². The molecule has 0 fully saturated rings. The average Bonchev–Trinajstić information content (AvgIpc) is 1.64. The van der Waals surface area contributed by atoms with Gasteiger partial charge in [0.1, 0.15) is 0 Å². The zero-order valence-electron chi connectivity index (χ0n) is 4.90. The third-order valence-electron chi connectivity index (χ3n) is 0.813. The van der Waals surface area contributed by atoms with Crippen molar-refractivity contribution in [2.24, 2.45) is 5.73 Å². The van der Waals surface area contributed by atoms with E-state index >= 15 is 0 Å². The molecule has 0 bridgehead atoms. The van der Waals surface area contributed by atoms with Crippen LogP contribution in [-0.4, -0.2) is 5.91 Å². The Labute approximate surface area is 48.7 Å². The van der Waals surface area contributed by atoms with E-state index < -0.39 is 5.91 Å². The lowest BCUT2D eigenvalue weighted by Gasteiger charge is -1.94. The van der Waals surface area contributed by atoms with Gasteiger partial charge in [0.2, 0.25) is 5.91 Å². The maximum atomic E-state index is 10.2. The molecule has 0 unspecified atom stereocenters. The number of nitrogens with two attached hydrogens (primary N) is 1. The first kappa shape index (κ1) is 6.95. The van der Waals surface area contributed by atoms with E-state index in [2.05, 4.69) is 13.2 Å². The van der Waals surface area contributed by atoms with E-state index in [1.165, 1.54) is 0 Å². The van der Waals surface area contributed by atoms with Crippen LogP contribution in [0.3, 0.4) is 0 Å². The average molecular weight is 111 g/mol. The van der Waals surface area contributed by atoms with Gasteiger partial charge >= 0.3 is 0 Å². The number of hydrogen-bond acceptors (Lipinski definition) is 1. The van der Waals surface area contributed by atoms with Gasteiger partial charge in [-0.3, -0.25) is 4.79 Å². The van der Waals surface area contributed by atoms with Gasteiger partial charge in [0, 0.05) is 5.57 Å². The van der Waals surface area contributed by atoms with E-state index in [0.717, 1.165) is 0 Å². The first-order chi connectivity index (χ1) is 3.55. The molecule has 0 saturated carbocycles. The summed E-state index contributed by atoms with van der Waals surface area (Å²) >= 11 is 0. The van der Waals surface area contributed by atoms with Crippen LogP contribution in [0.25, 0.3) is 0 Å². The van der Waals surface area contributed by atoms with Gasteiger partial charge in [-0.15, -0.1) is 0 Å². The molecule has 2 heteroatoms. The Morgan fingerprint density at radius 2 is 1.88 bits per heavy atom. The number of rotatable bonds is 2. The van der Waals surface area contributed by atoms with Gasteiger partial charge in [-0.1, -0.05) is 13.2 Å². The molecule has 0 heterocycles. The molecule has 0 aromatic carbocycles. The summed E-state index contributed by atoms with van der Waals surface area (Å²) in [6, 6.07) is 0. The Balaban J connectivity index is 4.05. The molecule has 0 atom stereocenters. The lowest BCUT2D eigenvalue weighted by atomic mass is 10.1. The predicted octanol–water partition coefficient (Wildman–Crippen LogP) is 0.604. The van der Waals surface area contributed by atoms with Crippen molar-refractivity contribution in [3.8, 4) is 0 Å². The molecule has 8 heavy (non-hydrogen) atoms. The SMILES string of the molecule is C=C(C)C(=C)C(N)=O. The van der Waals surface area contributed by atoms with Crippen molar-refractivity contribution >= 4 is 5.91 Å². The summed E-state index contributed by atoms with van der Waals surface area (Å²) in [5.41, 5.74) is 5.76. The summed E-state index contributed by atoms with van der Waals surface area (Å²) in [6.45, 7) is 8.54. The smallest absolute Gasteiger partial charge is 0.248 e. The van der Waals surface area contributed by atoms with Crippen molar-refractivity contribution in [2.45, 2.75) is 6.92 Å². The van der Waals surface area contributed by atoms with Crippen LogP contribution in [0.5, 0.6) is 0 Å². The summed E-state index contributed by atoms with van der Waals surface area (Å²) in [6.07, 6.45) is 0. The minimum absolute atomic E-state index is 0.296. The molecule has 2 N–H and O–H groups in total. The molecule has 0 saturated heterocycles. The van der Waals surface area contributed by atoms with Gasteiger partial charge in [0.05, 0.1) is 0 Å². The Morgan fingerprint density at radius 1 is 1.50 bits per heavy atom. The van der Waals surface area contributed by atoms with Crippen molar-refractivity contribution in [1.82, 2.24) is 0 Å². The number of amides is 1. The quantitative estimate of drug-likeness (QED) is 0.411. The van der Waals surface area contributed by atoms with Crippen LogP contribution in [0.1, 0.15) is 6.92 Å². The summed E-state index contributed by atoms with van der Waals surface area (Å²) in [4.78, 5) is 10.2. The summed E-state index contributed by atoms with van der Waals surface area (Å²) in [7, 11) is 0. The Morgan fingerprint density at radius 3 is 1.88 bits per heavy atom. The van der Waals surface area contributed by atoms with Gasteiger partial charge in [-0.25, -0.2) is 0 Å². The molecule has 0 aromatic rings. The number of carbonyl (C=O) groups excluding carboxylic acids is 1. The van der Waals surface area contributed by atoms with Crippen LogP contribution in [-0.2, 0) is 4.79 Å². The molecule has 0 spiro atoms. The van der Waals surface area contributed by atoms with E-state index in [0.29, 0.717) is 11.1 Å². The highest BCUT2D eigenvalue weighted by atomic mass is 16.1. The fourth-order valence-electron chi connectivity index (χ4n) is 0.210. The maximum absolute atomic E-state index is 10.2. The van der Waals surface area contributed by atoms with E-state index in [9.17, 15) is 4.79 Å². The highest BCUT2D eigenvalue weighted by Crippen LogP contribution is 1.99. The topological polar surface area (TPSA) is 43.1 Å². The summed E-state index contributed by atoms with van der Waals surface area (Å²) in [5, 5.41) is 0. The van der Waals surface area contributed by atoms with E-state index in [-0.39, 0.29) is 0 Å². The zero-order chi connectivity index (χ0) is 6.73. The van der Waals surface area contributed by atoms with Crippen LogP contribution < -0.4 is 5.73 Å². The molecular formula is C6H9NO. The largest absolute Gasteiger partial charge is 0.366 e. The monoisotopic (exact) mass is 111 g/mol. The van der Waals surface area contributed by atoms with Gasteiger partial charge < -0.3 is 5.73 Å². The lowest BCUT2D eigenvalue weighted by molar-refractivity contribution is -0.114. The van der Waals surface area contributed by atoms with Crippen molar-refractivity contribution in [3.63, 3.8) is 0 Å². The number of primary amides is 1. The number of carbonyl (C=O) groups is 1. The molecule has 0 aliphatic rings. The second-order valence-electron chi connectivity index (χ2n) is 1.62. The van der Waals surface area contributed by atoms with E-state index in [4.69, 9.17) is 5.73 Å². The molecule has 0 radical (unpaired) electrons. The first-order valence-electron chi connectivity index (χ1n) is 2.20. The summed E-state index contributed by atoms with van der Waals surface area (Å²) < 4.78 is 0. The second-order valence-corrected chi connectivity index (χ2v) is 1.62.